The molecule has 0 heterocycles. The third kappa shape index (κ3) is 4.10. The zero-order valence-electron chi connectivity index (χ0n) is 10.3. The summed E-state index contributed by atoms with van der Waals surface area (Å²) in [7, 11) is -2.47. The van der Waals surface area contributed by atoms with Crippen molar-refractivity contribution in [2.45, 2.75) is 9.79 Å². The van der Waals surface area contributed by atoms with Crippen molar-refractivity contribution < 1.29 is 16.8 Å². The first-order chi connectivity index (χ1) is 9.68. The van der Waals surface area contributed by atoms with Crippen molar-refractivity contribution in [3.8, 4) is 0 Å². The van der Waals surface area contributed by atoms with Gasteiger partial charge in [-0.05, 0) is 42.5 Å². The Morgan fingerprint density at radius 1 is 0.857 bits per heavy atom. The van der Waals surface area contributed by atoms with Gasteiger partial charge in [0, 0.05) is 21.4 Å². The number of anilines is 1. The molecule has 9 heteroatoms. The summed E-state index contributed by atoms with van der Waals surface area (Å²) < 4.78 is 48.8. The molecule has 0 radical (unpaired) electrons. The minimum Gasteiger partial charge on any atom is -0.280 e. The maximum Gasteiger partial charge on any atom is 0.261 e. The third-order valence-corrected chi connectivity index (χ3v) is 5.48. The average molecular weight is 366 g/mol. The van der Waals surface area contributed by atoms with E-state index in [2.05, 4.69) is 4.72 Å². The summed E-state index contributed by atoms with van der Waals surface area (Å²) in [5, 5.41) is 0.293. The minimum atomic E-state index is -3.84. The normalized spacial score (nSPS) is 12.1. The van der Waals surface area contributed by atoms with Crippen molar-refractivity contribution in [3.05, 3.63) is 53.6 Å². The quantitative estimate of drug-likeness (QED) is 0.844. The van der Waals surface area contributed by atoms with E-state index in [0.29, 0.717) is 5.02 Å². The van der Waals surface area contributed by atoms with Crippen LogP contribution < -0.4 is 4.72 Å². The SMILES string of the molecule is O=S(=O)(Cl)c1ccc(NS(=O)(=O)c2cccc(Cl)c2)cc1. The highest BCUT2D eigenvalue weighted by Crippen LogP contribution is 2.21. The predicted molar refractivity (Wildman–Crippen MR) is 81.7 cm³/mol. The number of hydrogen-bond acceptors (Lipinski definition) is 4. The van der Waals surface area contributed by atoms with Crippen LogP contribution in [0.1, 0.15) is 0 Å². The summed E-state index contributed by atoms with van der Waals surface area (Å²) in [4.78, 5) is -0.112. The molecule has 0 fully saturated rings. The summed E-state index contributed by atoms with van der Waals surface area (Å²) in [6.45, 7) is 0. The molecule has 5 nitrogen and oxygen atoms in total. The van der Waals surface area contributed by atoms with Crippen LogP contribution in [0.25, 0.3) is 0 Å². The molecule has 0 aliphatic rings. The van der Waals surface area contributed by atoms with E-state index >= 15 is 0 Å². The Hall–Kier alpha value is -1.28. The summed E-state index contributed by atoms with van der Waals surface area (Å²) in [6.07, 6.45) is 0. The first-order valence-electron chi connectivity index (χ1n) is 5.52. The second kappa shape index (κ2) is 5.84. The van der Waals surface area contributed by atoms with Gasteiger partial charge in [0.15, 0.2) is 0 Å². The van der Waals surface area contributed by atoms with Gasteiger partial charge in [0.2, 0.25) is 0 Å². The van der Waals surface area contributed by atoms with Crippen molar-refractivity contribution in [2.75, 3.05) is 4.72 Å². The lowest BCUT2D eigenvalue weighted by Crippen LogP contribution is -2.12. The number of halogens is 2. The number of benzene rings is 2. The summed E-state index contributed by atoms with van der Waals surface area (Å²) in [5.41, 5.74) is 0.207. The van der Waals surface area contributed by atoms with E-state index in [4.69, 9.17) is 22.3 Å². The molecule has 0 amide bonds. The third-order valence-electron chi connectivity index (χ3n) is 2.49. The molecule has 2 rings (SSSR count). The van der Waals surface area contributed by atoms with Gasteiger partial charge in [0.05, 0.1) is 9.79 Å². The average Bonchev–Trinajstić information content (AvgIpc) is 2.38. The molecule has 0 saturated carbocycles. The highest BCUT2D eigenvalue weighted by Gasteiger charge is 2.15. The molecule has 0 aliphatic heterocycles. The molecule has 0 bridgehead atoms. The fraction of sp³-hybridized carbons (Fsp3) is 0. The van der Waals surface area contributed by atoms with Gasteiger partial charge in [-0.1, -0.05) is 17.7 Å². The van der Waals surface area contributed by atoms with Gasteiger partial charge in [-0.3, -0.25) is 4.72 Å². The van der Waals surface area contributed by atoms with E-state index in [-0.39, 0.29) is 15.5 Å². The van der Waals surface area contributed by atoms with Crippen LogP contribution in [0.3, 0.4) is 0 Å². The van der Waals surface area contributed by atoms with Crippen molar-refractivity contribution >= 4 is 47.0 Å². The zero-order valence-corrected chi connectivity index (χ0v) is 13.5. The van der Waals surface area contributed by atoms with Gasteiger partial charge >= 0.3 is 0 Å². The molecule has 0 saturated heterocycles. The van der Waals surface area contributed by atoms with E-state index in [0.717, 1.165) is 0 Å². The number of sulfonamides is 1. The molecule has 0 spiro atoms. The Morgan fingerprint density at radius 2 is 1.48 bits per heavy atom. The monoisotopic (exact) mass is 365 g/mol. The first-order valence-corrected chi connectivity index (χ1v) is 9.69. The second-order valence-electron chi connectivity index (χ2n) is 4.03. The van der Waals surface area contributed by atoms with Crippen LogP contribution in [0.4, 0.5) is 5.69 Å². The molecule has 2 aromatic carbocycles. The van der Waals surface area contributed by atoms with E-state index in [9.17, 15) is 16.8 Å². The molecule has 0 unspecified atom stereocenters. The van der Waals surface area contributed by atoms with Gasteiger partial charge in [-0.15, -0.1) is 0 Å². The fourth-order valence-electron chi connectivity index (χ4n) is 1.53. The second-order valence-corrected chi connectivity index (χ2v) is 8.71. The molecule has 21 heavy (non-hydrogen) atoms. The molecular weight excluding hydrogens is 357 g/mol. The zero-order chi connectivity index (χ0) is 15.7. The van der Waals surface area contributed by atoms with Gasteiger partial charge in [0.1, 0.15) is 0 Å². The van der Waals surface area contributed by atoms with Gasteiger partial charge in [-0.25, -0.2) is 16.8 Å². The van der Waals surface area contributed by atoms with Crippen LogP contribution >= 0.6 is 22.3 Å². The van der Waals surface area contributed by atoms with Crippen LogP contribution in [-0.2, 0) is 19.1 Å². The van der Waals surface area contributed by atoms with Crippen LogP contribution in [-0.4, -0.2) is 16.8 Å². The molecule has 112 valence electrons. The summed E-state index contributed by atoms with van der Waals surface area (Å²) in [5.74, 6) is 0. The van der Waals surface area contributed by atoms with Gasteiger partial charge in [0.25, 0.3) is 19.1 Å². The largest absolute Gasteiger partial charge is 0.280 e. The maximum absolute atomic E-state index is 12.1. The summed E-state index contributed by atoms with van der Waals surface area (Å²) in [6, 6.07) is 10.8. The van der Waals surface area contributed by atoms with Gasteiger partial charge < -0.3 is 0 Å². The maximum atomic E-state index is 12.1. The summed E-state index contributed by atoms with van der Waals surface area (Å²) >= 11 is 5.75. The smallest absolute Gasteiger partial charge is 0.261 e. The van der Waals surface area contributed by atoms with Crippen molar-refractivity contribution in [1.29, 1.82) is 0 Å². The lowest BCUT2D eigenvalue weighted by Gasteiger charge is -2.08. The molecule has 0 aliphatic carbocycles. The van der Waals surface area contributed by atoms with E-state index in [1.54, 1.807) is 6.07 Å². The Labute approximate surface area is 132 Å². The van der Waals surface area contributed by atoms with Crippen LogP contribution in [0.5, 0.6) is 0 Å². The molecular formula is C12H9Cl2NO4S2. The van der Waals surface area contributed by atoms with E-state index in [1.807, 2.05) is 0 Å². The van der Waals surface area contributed by atoms with Crippen LogP contribution in [0.15, 0.2) is 58.3 Å². The van der Waals surface area contributed by atoms with Crippen LogP contribution in [0, 0.1) is 0 Å². The predicted octanol–water partition coefficient (Wildman–Crippen LogP) is 3.07. The van der Waals surface area contributed by atoms with E-state index < -0.39 is 19.1 Å². The Morgan fingerprint density at radius 3 is 2.00 bits per heavy atom. The Bertz CT molecular complexity index is 862. The molecule has 0 atom stereocenters. The number of nitrogens with one attached hydrogen (secondary N) is 1. The topological polar surface area (TPSA) is 80.3 Å². The Balaban J connectivity index is 2.29. The van der Waals surface area contributed by atoms with Crippen molar-refractivity contribution in [1.82, 2.24) is 0 Å². The van der Waals surface area contributed by atoms with E-state index in [1.165, 1.54) is 42.5 Å². The first kappa shape index (κ1) is 16.1. The lowest BCUT2D eigenvalue weighted by atomic mass is 10.3. The molecule has 2 aromatic rings. The number of rotatable bonds is 4. The van der Waals surface area contributed by atoms with Crippen LogP contribution in [0.2, 0.25) is 5.02 Å². The highest BCUT2D eigenvalue weighted by molar-refractivity contribution is 8.13. The minimum absolute atomic E-state index is 0.00374. The van der Waals surface area contributed by atoms with Gasteiger partial charge in [-0.2, -0.15) is 0 Å². The Kier molecular flexibility index (Phi) is 4.48. The lowest BCUT2D eigenvalue weighted by molar-refractivity contribution is 0.601. The van der Waals surface area contributed by atoms with Crippen molar-refractivity contribution in [3.63, 3.8) is 0 Å². The standard InChI is InChI=1S/C12H9Cl2NO4S2/c13-9-2-1-3-12(8-9)21(18,19)15-10-4-6-11(7-5-10)20(14,16)17/h1-8,15H. The molecule has 0 aromatic heterocycles. The fourth-order valence-corrected chi connectivity index (χ4v) is 3.66. The number of hydrogen-bond donors (Lipinski definition) is 1. The molecule has 1 N–H and O–H groups in total. The van der Waals surface area contributed by atoms with Crippen molar-refractivity contribution in [2.24, 2.45) is 0 Å². The highest BCUT2D eigenvalue weighted by atomic mass is 35.7.